The first kappa shape index (κ1) is 15.2. The SMILES string of the molecule is CCCc1nc(C)c(CNC(=O)c2n[nH]c3c2COCC3)s1. The van der Waals surface area contributed by atoms with Gasteiger partial charge in [0.05, 0.1) is 30.5 Å². The second kappa shape index (κ2) is 6.58. The minimum absolute atomic E-state index is 0.159. The van der Waals surface area contributed by atoms with E-state index in [0.29, 0.717) is 25.5 Å². The summed E-state index contributed by atoms with van der Waals surface area (Å²) in [6.07, 6.45) is 2.85. The van der Waals surface area contributed by atoms with Crippen LogP contribution in [0.3, 0.4) is 0 Å². The molecule has 1 amide bonds. The van der Waals surface area contributed by atoms with Gasteiger partial charge in [-0.3, -0.25) is 9.89 Å². The number of aromatic nitrogens is 3. The Bertz CT molecular complexity index is 677. The maximum atomic E-state index is 12.3. The molecule has 22 heavy (non-hydrogen) atoms. The van der Waals surface area contributed by atoms with Crippen LogP contribution in [0.25, 0.3) is 0 Å². The molecule has 1 aliphatic rings. The molecular formula is C15H20N4O2S. The molecule has 0 spiro atoms. The van der Waals surface area contributed by atoms with E-state index in [2.05, 4.69) is 27.4 Å². The fourth-order valence-electron chi connectivity index (χ4n) is 2.52. The Morgan fingerprint density at radius 2 is 2.36 bits per heavy atom. The maximum Gasteiger partial charge on any atom is 0.272 e. The van der Waals surface area contributed by atoms with Crippen LogP contribution in [0.15, 0.2) is 0 Å². The van der Waals surface area contributed by atoms with Gasteiger partial charge in [-0.15, -0.1) is 11.3 Å². The number of ether oxygens (including phenoxy) is 1. The van der Waals surface area contributed by atoms with Crippen molar-refractivity contribution in [3.63, 3.8) is 0 Å². The lowest BCUT2D eigenvalue weighted by atomic mass is 10.1. The number of amides is 1. The second-order valence-electron chi connectivity index (χ2n) is 5.38. The zero-order valence-corrected chi connectivity index (χ0v) is 13.7. The number of rotatable bonds is 5. The van der Waals surface area contributed by atoms with Crippen molar-refractivity contribution in [2.45, 2.75) is 46.3 Å². The van der Waals surface area contributed by atoms with Gasteiger partial charge in [-0.25, -0.2) is 4.98 Å². The Labute approximate surface area is 133 Å². The van der Waals surface area contributed by atoms with Crippen molar-refractivity contribution in [2.24, 2.45) is 0 Å². The van der Waals surface area contributed by atoms with Crippen LogP contribution in [-0.2, 0) is 30.7 Å². The van der Waals surface area contributed by atoms with E-state index in [1.165, 1.54) is 0 Å². The molecule has 6 nitrogen and oxygen atoms in total. The molecular weight excluding hydrogens is 300 g/mol. The van der Waals surface area contributed by atoms with Crippen molar-refractivity contribution in [2.75, 3.05) is 6.61 Å². The Hall–Kier alpha value is -1.73. The number of hydrogen-bond acceptors (Lipinski definition) is 5. The molecule has 2 aromatic rings. The predicted molar refractivity (Wildman–Crippen MR) is 84.0 cm³/mol. The van der Waals surface area contributed by atoms with E-state index in [4.69, 9.17) is 4.74 Å². The summed E-state index contributed by atoms with van der Waals surface area (Å²) < 4.78 is 5.41. The van der Waals surface area contributed by atoms with E-state index >= 15 is 0 Å². The number of thiazole rings is 1. The molecule has 7 heteroatoms. The van der Waals surface area contributed by atoms with E-state index < -0.39 is 0 Å². The average Bonchev–Trinajstić information content (AvgIpc) is 3.09. The lowest BCUT2D eigenvalue weighted by molar-refractivity contribution is 0.0923. The van der Waals surface area contributed by atoms with Gasteiger partial charge in [-0.1, -0.05) is 6.92 Å². The largest absolute Gasteiger partial charge is 0.376 e. The lowest BCUT2D eigenvalue weighted by Crippen LogP contribution is -2.25. The van der Waals surface area contributed by atoms with Gasteiger partial charge >= 0.3 is 0 Å². The van der Waals surface area contributed by atoms with Crippen LogP contribution in [-0.4, -0.2) is 27.7 Å². The normalized spacial score (nSPS) is 13.9. The number of carbonyl (C=O) groups excluding carboxylic acids is 1. The highest BCUT2D eigenvalue weighted by Crippen LogP contribution is 2.20. The quantitative estimate of drug-likeness (QED) is 0.884. The van der Waals surface area contributed by atoms with E-state index in [1.807, 2.05) is 6.92 Å². The molecule has 0 fully saturated rings. The van der Waals surface area contributed by atoms with Crippen LogP contribution in [0.2, 0.25) is 0 Å². The number of nitrogens with one attached hydrogen (secondary N) is 2. The highest BCUT2D eigenvalue weighted by atomic mass is 32.1. The lowest BCUT2D eigenvalue weighted by Gasteiger charge is -2.12. The maximum absolute atomic E-state index is 12.3. The first-order valence-electron chi connectivity index (χ1n) is 7.56. The zero-order chi connectivity index (χ0) is 15.5. The first-order valence-corrected chi connectivity index (χ1v) is 8.38. The van der Waals surface area contributed by atoms with Crippen LogP contribution in [0, 0.1) is 6.92 Å². The van der Waals surface area contributed by atoms with Gasteiger partial charge in [0.2, 0.25) is 0 Å². The van der Waals surface area contributed by atoms with Gasteiger partial charge < -0.3 is 10.1 Å². The van der Waals surface area contributed by atoms with E-state index in [-0.39, 0.29) is 5.91 Å². The van der Waals surface area contributed by atoms with Crippen molar-refractivity contribution in [1.82, 2.24) is 20.5 Å². The molecule has 0 aliphatic carbocycles. The Balaban J connectivity index is 1.66. The van der Waals surface area contributed by atoms with Gasteiger partial charge in [-0.2, -0.15) is 5.10 Å². The van der Waals surface area contributed by atoms with Crippen molar-refractivity contribution < 1.29 is 9.53 Å². The molecule has 0 bridgehead atoms. The molecule has 0 radical (unpaired) electrons. The predicted octanol–water partition coefficient (Wildman–Crippen LogP) is 2.13. The van der Waals surface area contributed by atoms with Crippen molar-refractivity contribution in [3.8, 4) is 0 Å². The number of hydrogen-bond donors (Lipinski definition) is 2. The monoisotopic (exact) mass is 320 g/mol. The molecule has 3 rings (SSSR count). The summed E-state index contributed by atoms with van der Waals surface area (Å²) in [5.41, 5.74) is 3.35. The van der Waals surface area contributed by atoms with Crippen molar-refractivity contribution >= 4 is 17.2 Å². The Kier molecular flexibility index (Phi) is 4.54. The van der Waals surface area contributed by atoms with Crippen LogP contribution < -0.4 is 5.32 Å². The summed E-state index contributed by atoms with van der Waals surface area (Å²) in [4.78, 5) is 18.0. The summed E-state index contributed by atoms with van der Waals surface area (Å²) in [6.45, 7) is 5.75. The highest BCUT2D eigenvalue weighted by molar-refractivity contribution is 7.11. The molecule has 1 aliphatic heterocycles. The van der Waals surface area contributed by atoms with Gasteiger partial charge in [0, 0.05) is 22.6 Å². The number of aryl methyl sites for hydroxylation is 2. The summed E-state index contributed by atoms with van der Waals surface area (Å²) in [6, 6.07) is 0. The van der Waals surface area contributed by atoms with E-state index in [9.17, 15) is 4.79 Å². The molecule has 0 saturated carbocycles. The van der Waals surface area contributed by atoms with E-state index in [1.54, 1.807) is 11.3 Å². The summed E-state index contributed by atoms with van der Waals surface area (Å²) >= 11 is 1.67. The Morgan fingerprint density at radius 3 is 3.18 bits per heavy atom. The number of fused-ring (bicyclic) bond motifs is 1. The highest BCUT2D eigenvalue weighted by Gasteiger charge is 2.22. The Morgan fingerprint density at radius 1 is 1.50 bits per heavy atom. The molecule has 2 aromatic heterocycles. The van der Waals surface area contributed by atoms with Crippen LogP contribution in [0.5, 0.6) is 0 Å². The molecule has 0 aromatic carbocycles. The molecule has 0 atom stereocenters. The van der Waals surface area contributed by atoms with Gasteiger partial charge in [0.15, 0.2) is 5.69 Å². The standard InChI is InChI=1S/C15H20N4O2S/c1-3-4-13-17-9(2)12(22-13)7-16-15(20)14-10-8-21-6-5-11(10)18-19-14/h3-8H2,1-2H3,(H,16,20)(H,18,19). The van der Waals surface area contributed by atoms with Gasteiger partial charge in [0.1, 0.15) is 0 Å². The summed E-state index contributed by atoms with van der Waals surface area (Å²) in [7, 11) is 0. The topological polar surface area (TPSA) is 79.9 Å². The first-order chi connectivity index (χ1) is 10.7. The number of carbonyl (C=O) groups is 1. The fraction of sp³-hybridized carbons (Fsp3) is 0.533. The van der Waals surface area contributed by atoms with Crippen LogP contribution in [0.1, 0.15) is 50.7 Å². The third-order valence-corrected chi connectivity index (χ3v) is 4.94. The molecule has 0 saturated heterocycles. The molecule has 118 valence electrons. The third-order valence-electron chi connectivity index (χ3n) is 3.72. The summed E-state index contributed by atoms with van der Waals surface area (Å²) in [5.74, 6) is -0.159. The third kappa shape index (κ3) is 3.05. The van der Waals surface area contributed by atoms with Crippen molar-refractivity contribution in [3.05, 3.63) is 32.5 Å². The molecule has 3 heterocycles. The van der Waals surface area contributed by atoms with Gasteiger partial charge in [0.25, 0.3) is 5.91 Å². The molecule has 0 unspecified atom stereocenters. The average molecular weight is 320 g/mol. The van der Waals surface area contributed by atoms with Crippen LogP contribution in [0.4, 0.5) is 0 Å². The fourth-order valence-corrected chi connectivity index (χ4v) is 3.63. The van der Waals surface area contributed by atoms with E-state index in [0.717, 1.165) is 46.1 Å². The number of nitrogens with zero attached hydrogens (tertiary/aromatic N) is 2. The minimum Gasteiger partial charge on any atom is -0.376 e. The van der Waals surface area contributed by atoms with Crippen molar-refractivity contribution in [1.29, 1.82) is 0 Å². The number of H-pyrrole nitrogens is 1. The second-order valence-corrected chi connectivity index (χ2v) is 6.55. The summed E-state index contributed by atoms with van der Waals surface area (Å²) in [5, 5.41) is 11.2. The smallest absolute Gasteiger partial charge is 0.272 e. The number of aromatic amines is 1. The molecule has 2 N–H and O–H groups in total. The minimum atomic E-state index is -0.159. The van der Waals surface area contributed by atoms with Gasteiger partial charge in [-0.05, 0) is 19.8 Å². The van der Waals surface area contributed by atoms with Crippen LogP contribution >= 0.6 is 11.3 Å². The zero-order valence-electron chi connectivity index (χ0n) is 12.9.